The lowest BCUT2D eigenvalue weighted by molar-refractivity contribution is 0.0745. The molecule has 0 aromatic heterocycles. The van der Waals surface area contributed by atoms with Crippen molar-refractivity contribution in [3.63, 3.8) is 0 Å². The normalized spacial score (nSPS) is 11.7. The summed E-state index contributed by atoms with van der Waals surface area (Å²) in [7, 11) is 1.71. The molecule has 4 nitrogen and oxygen atoms in total. The second kappa shape index (κ2) is 5.54. The SMILES string of the molecule is Cc1cc(C)c(C(=O)N(C)C(C)CC#N)cc1N. The van der Waals surface area contributed by atoms with Crippen LogP contribution in [-0.4, -0.2) is 23.9 Å². The molecule has 0 saturated carbocycles. The molecular formula is C14H19N3O. The molecule has 0 bridgehead atoms. The number of nitrogens with zero attached hydrogens (tertiary/aromatic N) is 2. The van der Waals surface area contributed by atoms with E-state index in [1.54, 1.807) is 18.0 Å². The van der Waals surface area contributed by atoms with Gasteiger partial charge in [0.05, 0.1) is 12.5 Å². The number of carbonyl (C=O) groups is 1. The van der Waals surface area contributed by atoms with E-state index in [1.165, 1.54) is 0 Å². The number of aryl methyl sites for hydroxylation is 2. The Balaban J connectivity index is 3.05. The predicted octanol–water partition coefficient (Wildman–Crippen LogP) is 2.26. The smallest absolute Gasteiger partial charge is 0.254 e. The molecule has 1 amide bonds. The summed E-state index contributed by atoms with van der Waals surface area (Å²) in [6.07, 6.45) is 0.322. The van der Waals surface area contributed by atoms with Crippen LogP contribution in [-0.2, 0) is 0 Å². The first-order chi connectivity index (χ1) is 8.38. The topological polar surface area (TPSA) is 70.1 Å². The van der Waals surface area contributed by atoms with Crippen molar-refractivity contribution in [3.05, 3.63) is 28.8 Å². The highest BCUT2D eigenvalue weighted by Crippen LogP contribution is 2.20. The van der Waals surface area contributed by atoms with E-state index in [-0.39, 0.29) is 11.9 Å². The molecule has 1 rings (SSSR count). The number of amides is 1. The van der Waals surface area contributed by atoms with Crippen molar-refractivity contribution in [3.8, 4) is 6.07 Å². The highest BCUT2D eigenvalue weighted by atomic mass is 16.2. The molecule has 1 aromatic rings. The average molecular weight is 245 g/mol. The van der Waals surface area contributed by atoms with Gasteiger partial charge in [-0.1, -0.05) is 6.07 Å². The van der Waals surface area contributed by atoms with E-state index in [9.17, 15) is 4.79 Å². The highest BCUT2D eigenvalue weighted by molar-refractivity contribution is 5.96. The third-order valence-electron chi connectivity index (χ3n) is 3.21. The highest BCUT2D eigenvalue weighted by Gasteiger charge is 2.19. The lowest BCUT2D eigenvalue weighted by Gasteiger charge is -2.24. The van der Waals surface area contributed by atoms with Crippen LogP contribution in [0.15, 0.2) is 12.1 Å². The molecule has 0 aliphatic carbocycles. The Labute approximate surface area is 108 Å². The second-order valence-electron chi connectivity index (χ2n) is 4.65. The molecular weight excluding hydrogens is 226 g/mol. The van der Waals surface area contributed by atoms with Crippen molar-refractivity contribution in [1.82, 2.24) is 4.90 Å². The number of carbonyl (C=O) groups excluding carboxylic acids is 1. The van der Waals surface area contributed by atoms with Crippen molar-refractivity contribution in [1.29, 1.82) is 5.26 Å². The third kappa shape index (κ3) is 2.80. The summed E-state index contributed by atoms with van der Waals surface area (Å²) in [6.45, 7) is 5.66. The largest absolute Gasteiger partial charge is 0.398 e. The summed E-state index contributed by atoms with van der Waals surface area (Å²) >= 11 is 0. The number of hydrogen-bond acceptors (Lipinski definition) is 3. The maximum absolute atomic E-state index is 12.3. The zero-order valence-corrected chi connectivity index (χ0v) is 11.3. The number of rotatable bonds is 3. The number of nitrogens with two attached hydrogens (primary N) is 1. The first kappa shape index (κ1) is 14.0. The van der Waals surface area contributed by atoms with E-state index in [4.69, 9.17) is 11.0 Å². The van der Waals surface area contributed by atoms with Crippen molar-refractivity contribution >= 4 is 11.6 Å². The molecule has 0 spiro atoms. The Bertz CT molecular complexity index is 502. The van der Waals surface area contributed by atoms with E-state index in [0.717, 1.165) is 11.1 Å². The fraction of sp³-hybridized carbons (Fsp3) is 0.429. The van der Waals surface area contributed by atoms with Gasteiger partial charge in [0.15, 0.2) is 0 Å². The Morgan fingerprint density at radius 1 is 1.44 bits per heavy atom. The summed E-state index contributed by atoms with van der Waals surface area (Å²) in [4.78, 5) is 13.9. The quantitative estimate of drug-likeness (QED) is 0.830. The number of benzene rings is 1. The Kier molecular flexibility index (Phi) is 4.33. The van der Waals surface area contributed by atoms with Gasteiger partial charge >= 0.3 is 0 Å². The zero-order valence-electron chi connectivity index (χ0n) is 11.3. The van der Waals surface area contributed by atoms with Gasteiger partial charge in [-0.2, -0.15) is 5.26 Å². The summed E-state index contributed by atoms with van der Waals surface area (Å²) in [5, 5.41) is 8.67. The van der Waals surface area contributed by atoms with Crippen LogP contribution in [0.5, 0.6) is 0 Å². The number of nitrogen functional groups attached to an aromatic ring is 1. The van der Waals surface area contributed by atoms with Gasteiger partial charge in [-0.25, -0.2) is 0 Å². The summed E-state index contributed by atoms with van der Waals surface area (Å²) < 4.78 is 0. The van der Waals surface area contributed by atoms with Crippen LogP contribution in [0.25, 0.3) is 0 Å². The molecule has 18 heavy (non-hydrogen) atoms. The van der Waals surface area contributed by atoms with Crippen LogP contribution in [0.1, 0.15) is 34.8 Å². The minimum absolute atomic E-state index is 0.0954. The Morgan fingerprint density at radius 2 is 2.06 bits per heavy atom. The molecule has 1 aromatic carbocycles. The number of nitriles is 1. The average Bonchev–Trinajstić information content (AvgIpc) is 2.32. The Hall–Kier alpha value is -2.02. The van der Waals surface area contributed by atoms with E-state index in [1.807, 2.05) is 26.8 Å². The van der Waals surface area contributed by atoms with Crippen molar-refractivity contribution in [2.24, 2.45) is 0 Å². The minimum Gasteiger partial charge on any atom is -0.398 e. The van der Waals surface area contributed by atoms with Gasteiger partial charge in [0.1, 0.15) is 0 Å². The van der Waals surface area contributed by atoms with E-state index in [0.29, 0.717) is 17.7 Å². The van der Waals surface area contributed by atoms with Gasteiger partial charge in [-0.05, 0) is 38.0 Å². The van der Waals surface area contributed by atoms with Gasteiger partial charge in [0, 0.05) is 24.3 Å². The molecule has 0 aliphatic heterocycles. The molecule has 1 unspecified atom stereocenters. The van der Waals surface area contributed by atoms with Gasteiger partial charge in [-0.3, -0.25) is 4.79 Å². The first-order valence-electron chi connectivity index (χ1n) is 5.89. The van der Waals surface area contributed by atoms with Crippen molar-refractivity contribution < 1.29 is 4.79 Å². The van der Waals surface area contributed by atoms with Crippen LogP contribution in [0, 0.1) is 25.2 Å². The van der Waals surface area contributed by atoms with Crippen LogP contribution in [0.2, 0.25) is 0 Å². The predicted molar refractivity (Wildman–Crippen MR) is 72.1 cm³/mol. The fourth-order valence-electron chi connectivity index (χ4n) is 1.76. The molecule has 4 heteroatoms. The molecule has 0 heterocycles. The number of anilines is 1. The molecule has 1 atom stereocenters. The maximum Gasteiger partial charge on any atom is 0.254 e. The lowest BCUT2D eigenvalue weighted by atomic mass is 10.0. The van der Waals surface area contributed by atoms with Gasteiger partial charge < -0.3 is 10.6 Å². The molecule has 0 saturated heterocycles. The van der Waals surface area contributed by atoms with Crippen LogP contribution < -0.4 is 5.73 Å². The minimum atomic E-state index is -0.107. The third-order valence-corrected chi connectivity index (χ3v) is 3.21. The van der Waals surface area contributed by atoms with Crippen LogP contribution in [0.3, 0.4) is 0 Å². The lowest BCUT2D eigenvalue weighted by Crippen LogP contribution is -2.35. The second-order valence-corrected chi connectivity index (χ2v) is 4.65. The summed E-state index contributed by atoms with van der Waals surface area (Å²) in [5.41, 5.74) is 8.93. The van der Waals surface area contributed by atoms with Crippen LogP contribution >= 0.6 is 0 Å². The summed E-state index contributed by atoms with van der Waals surface area (Å²) in [6, 6.07) is 5.58. The molecule has 96 valence electrons. The standard InChI is InChI=1S/C14H19N3O/c1-9-7-10(2)13(16)8-12(9)14(18)17(4)11(3)5-6-15/h7-8,11H,5,16H2,1-4H3. The van der Waals surface area contributed by atoms with Crippen molar-refractivity contribution in [2.75, 3.05) is 12.8 Å². The fourth-order valence-corrected chi connectivity index (χ4v) is 1.76. The maximum atomic E-state index is 12.3. The van der Waals surface area contributed by atoms with E-state index < -0.39 is 0 Å². The monoisotopic (exact) mass is 245 g/mol. The zero-order chi connectivity index (χ0) is 13.9. The molecule has 0 fully saturated rings. The summed E-state index contributed by atoms with van der Waals surface area (Å²) in [5.74, 6) is -0.0954. The first-order valence-corrected chi connectivity index (χ1v) is 5.89. The van der Waals surface area contributed by atoms with E-state index in [2.05, 4.69) is 6.07 Å². The van der Waals surface area contributed by atoms with Gasteiger partial charge in [0.2, 0.25) is 0 Å². The number of hydrogen-bond donors (Lipinski definition) is 1. The van der Waals surface area contributed by atoms with Crippen molar-refractivity contribution in [2.45, 2.75) is 33.2 Å². The molecule has 0 radical (unpaired) electrons. The molecule has 2 N–H and O–H groups in total. The molecule has 0 aliphatic rings. The van der Waals surface area contributed by atoms with Crippen LogP contribution in [0.4, 0.5) is 5.69 Å². The van der Waals surface area contributed by atoms with Gasteiger partial charge in [-0.15, -0.1) is 0 Å². The Morgan fingerprint density at radius 3 is 2.61 bits per heavy atom. The van der Waals surface area contributed by atoms with Gasteiger partial charge in [0.25, 0.3) is 5.91 Å². The van der Waals surface area contributed by atoms with E-state index >= 15 is 0 Å².